The van der Waals surface area contributed by atoms with E-state index in [9.17, 15) is 14.2 Å². The van der Waals surface area contributed by atoms with Crippen molar-refractivity contribution in [2.45, 2.75) is 193 Å². The summed E-state index contributed by atoms with van der Waals surface area (Å²) < 4.78 is 26.3. The van der Waals surface area contributed by atoms with Gasteiger partial charge in [-0.25, -0.2) is 4.57 Å². The molecule has 0 spiro atoms. The lowest BCUT2D eigenvalue weighted by Gasteiger charge is -2.18. The summed E-state index contributed by atoms with van der Waals surface area (Å²) in [6.07, 6.45) is 33.6. The van der Waals surface area contributed by atoms with Gasteiger partial charge in [-0.15, -0.1) is 0 Å². The van der Waals surface area contributed by atoms with E-state index in [1.165, 1.54) is 103 Å². The zero-order valence-corrected chi connectivity index (χ0v) is 29.9. The summed E-state index contributed by atoms with van der Waals surface area (Å²) in [6.45, 7) is 3.66. The minimum atomic E-state index is -4.74. The molecule has 0 aliphatic rings. The molecule has 0 unspecified atom stereocenters. The van der Waals surface area contributed by atoms with Crippen LogP contribution in [0.25, 0.3) is 0 Å². The first-order chi connectivity index (χ1) is 21.8. The van der Waals surface area contributed by atoms with Gasteiger partial charge in [-0.1, -0.05) is 148 Å². The van der Waals surface area contributed by atoms with Crippen LogP contribution < -0.4 is 0 Å². The van der Waals surface area contributed by atoms with Crippen molar-refractivity contribution in [1.29, 1.82) is 0 Å². The molecule has 0 aliphatic heterocycles. The number of phosphoric ester groups is 1. The first kappa shape index (κ1) is 43.8. The van der Waals surface area contributed by atoms with E-state index in [0.717, 1.165) is 51.4 Å². The van der Waals surface area contributed by atoms with Crippen molar-refractivity contribution < 1.29 is 37.9 Å². The number of carbonyl (C=O) groups is 2. The minimum absolute atomic E-state index is 0.216. The number of esters is 2. The van der Waals surface area contributed by atoms with Crippen LogP contribution in [0.1, 0.15) is 187 Å². The predicted molar refractivity (Wildman–Crippen MR) is 184 cm³/mol. The fourth-order valence-corrected chi connectivity index (χ4v) is 5.61. The zero-order chi connectivity index (χ0) is 33.3. The van der Waals surface area contributed by atoms with E-state index < -0.39 is 32.5 Å². The summed E-state index contributed by atoms with van der Waals surface area (Å²) in [5.74, 6) is -0.884. The van der Waals surface area contributed by atoms with Crippen LogP contribution in [0.3, 0.4) is 0 Å². The highest BCUT2D eigenvalue weighted by atomic mass is 31.2. The average molecular weight is 661 g/mol. The van der Waals surface area contributed by atoms with E-state index in [-0.39, 0.29) is 19.4 Å². The SMILES string of the molecule is CCCCCC/C=C/CCCCCCCCCC(=O)OC[C@H](COP(=O)(O)O)OC(=O)CCCCCCCCCCCCCC. The molecule has 0 fully saturated rings. The molecule has 0 aliphatic carbocycles. The Morgan fingerprint density at radius 3 is 1.38 bits per heavy atom. The normalized spacial score (nSPS) is 12.5. The fraction of sp³-hybridized carbons (Fsp3) is 0.889. The molecule has 1 atom stereocenters. The molecule has 0 heterocycles. The van der Waals surface area contributed by atoms with Crippen LogP contribution in [0, 0.1) is 0 Å². The van der Waals surface area contributed by atoms with Gasteiger partial charge in [0.05, 0.1) is 6.61 Å². The second kappa shape index (κ2) is 32.7. The van der Waals surface area contributed by atoms with E-state index in [0.29, 0.717) is 6.42 Å². The van der Waals surface area contributed by atoms with Crippen LogP contribution in [0.15, 0.2) is 12.2 Å². The molecule has 0 radical (unpaired) electrons. The lowest BCUT2D eigenvalue weighted by atomic mass is 10.0. The lowest BCUT2D eigenvalue weighted by molar-refractivity contribution is -0.161. The Bertz CT molecular complexity index is 751. The van der Waals surface area contributed by atoms with Gasteiger partial charge in [-0.3, -0.25) is 14.1 Å². The number of allylic oxidation sites excluding steroid dienone is 2. The van der Waals surface area contributed by atoms with Crippen molar-refractivity contribution in [2.75, 3.05) is 13.2 Å². The Kier molecular flexibility index (Phi) is 31.8. The number of unbranched alkanes of at least 4 members (excludes halogenated alkanes) is 22. The third-order valence-electron chi connectivity index (χ3n) is 8.03. The van der Waals surface area contributed by atoms with Crippen LogP contribution in [0.2, 0.25) is 0 Å². The quantitative estimate of drug-likeness (QED) is 0.0303. The number of hydrogen-bond acceptors (Lipinski definition) is 6. The van der Waals surface area contributed by atoms with Gasteiger partial charge in [-0.05, 0) is 38.5 Å². The van der Waals surface area contributed by atoms with Crippen LogP contribution >= 0.6 is 7.82 Å². The molecule has 2 N–H and O–H groups in total. The molecule has 0 rings (SSSR count). The largest absolute Gasteiger partial charge is 0.469 e. The maximum Gasteiger partial charge on any atom is 0.469 e. The second-order valence-corrected chi connectivity index (χ2v) is 13.8. The summed E-state index contributed by atoms with van der Waals surface area (Å²) >= 11 is 0. The van der Waals surface area contributed by atoms with E-state index in [2.05, 4.69) is 30.5 Å². The smallest absolute Gasteiger partial charge is 0.462 e. The molecule has 0 amide bonds. The average Bonchev–Trinajstić information content (AvgIpc) is 3.00. The molecular weight excluding hydrogens is 591 g/mol. The van der Waals surface area contributed by atoms with Crippen molar-refractivity contribution in [3.8, 4) is 0 Å². The highest BCUT2D eigenvalue weighted by Crippen LogP contribution is 2.36. The summed E-state index contributed by atoms with van der Waals surface area (Å²) in [7, 11) is -4.74. The molecular formula is C36H69O8P. The molecule has 9 heteroatoms. The molecule has 0 saturated heterocycles. The van der Waals surface area contributed by atoms with Crippen molar-refractivity contribution in [1.82, 2.24) is 0 Å². The van der Waals surface area contributed by atoms with Crippen LogP contribution in [0.4, 0.5) is 0 Å². The van der Waals surface area contributed by atoms with E-state index >= 15 is 0 Å². The Morgan fingerprint density at radius 2 is 0.933 bits per heavy atom. The maximum absolute atomic E-state index is 12.3. The predicted octanol–water partition coefficient (Wildman–Crippen LogP) is 10.7. The number of phosphoric acid groups is 1. The van der Waals surface area contributed by atoms with Gasteiger partial charge >= 0.3 is 19.8 Å². The number of rotatable bonds is 34. The lowest BCUT2D eigenvalue weighted by Crippen LogP contribution is -2.29. The monoisotopic (exact) mass is 660 g/mol. The molecule has 0 aromatic rings. The highest BCUT2D eigenvalue weighted by Gasteiger charge is 2.22. The van der Waals surface area contributed by atoms with Gasteiger partial charge < -0.3 is 19.3 Å². The molecule has 45 heavy (non-hydrogen) atoms. The van der Waals surface area contributed by atoms with E-state index in [4.69, 9.17) is 19.3 Å². The van der Waals surface area contributed by atoms with Crippen molar-refractivity contribution in [3.05, 3.63) is 12.2 Å². The van der Waals surface area contributed by atoms with Crippen LogP contribution in [-0.4, -0.2) is 41.0 Å². The van der Waals surface area contributed by atoms with Crippen molar-refractivity contribution in [2.24, 2.45) is 0 Å². The first-order valence-electron chi connectivity index (χ1n) is 18.5. The van der Waals surface area contributed by atoms with Gasteiger partial charge in [-0.2, -0.15) is 0 Å². The number of carbonyl (C=O) groups excluding carboxylic acids is 2. The Balaban J connectivity index is 3.95. The van der Waals surface area contributed by atoms with Crippen LogP contribution in [-0.2, 0) is 28.2 Å². The topological polar surface area (TPSA) is 119 Å². The van der Waals surface area contributed by atoms with E-state index in [1.807, 2.05) is 0 Å². The molecule has 0 aromatic carbocycles. The summed E-state index contributed by atoms with van der Waals surface area (Å²) in [5, 5.41) is 0. The second-order valence-electron chi connectivity index (χ2n) is 12.6. The summed E-state index contributed by atoms with van der Waals surface area (Å²) in [4.78, 5) is 42.6. The standard InChI is InChI=1S/C36H69O8P/c1-3-5-7-9-11-13-15-17-18-19-21-22-24-26-28-30-35(37)42-32-34(33-43-45(39,40)41)44-36(38)31-29-27-25-23-20-16-14-12-10-8-6-4-2/h13,15,34H,3-12,14,16-33H2,1-2H3,(H2,39,40,41)/b15-13+/t34-/m1/s1. The van der Waals surface area contributed by atoms with Crippen LogP contribution in [0.5, 0.6) is 0 Å². The Hall–Kier alpha value is -1.21. The molecule has 8 nitrogen and oxygen atoms in total. The summed E-state index contributed by atoms with van der Waals surface area (Å²) in [5.41, 5.74) is 0. The van der Waals surface area contributed by atoms with E-state index in [1.54, 1.807) is 0 Å². The molecule has 0 aromatic heterocycles. The minimum Gasteiger partial charge on any atom is -0.462 e. The maximum atomic E-state index is 12.3. The van der Waals surface area contributed by atoms with Gasteiger partial charge in [0.15, 0.2) is 6.10 Å². The third kappa shape index (κ3) is 35.5. The van der Waals surface area contributed by atoms with Gasteiger partial charge in [0.1, 0.15) is 6.61 Å². The molecule has 0 bridgehead atoms. The van der Waals surface area contributed by atoms with Crippen molar-refractivity contribution >= 4 is 19.8 Å². The van der Waals surface area contributed by atoms with Gasteiger partial charge in [0.2, 0.25) is 0 Å². The van der Waals surface area contributed by atoms with Crippen molar-refractivity contribution in [3.63, 3.8) is 0 Å². The Morgan fingerprint density at radius 1 is 0.556 bits per heavy atom. The number of hydrogen-bond donors (Lipinski definition) is 2. The van der Waals surface area contributed by atoms with Gasteiger partial charge in [0.25, 0.3) is 0 Å². The first-order valence-corrected chi connectivity index (χ1v) is 20.0. The zero-order valence-electron chi connectivity index (χ0n) is 29.0. The Labute approximate surface area is 276 Å². The fourth-order valence-electron chi connectivity index (χ4n) is 5.25. The van der Waals surface area contributed by atoms with Gasteiger partial charge in [0, 0.05) is 12.8 Å². The molecule has 266 valence electrons. The summed E-state index contributed by atoms with van der Waals surface area (Å²) in [6, 6.07) is 0. The third-order valence-corrected chi connectivity index (χ3v) is 8.52. The molecule has 0 saturated carbocycles. The highest BCUT2D eigenvalue weighted by molar-refractivity contribution is 7.46. The number of ether oxygens (including phenoxy) is 2.